The van der Waals surface area contributed by atoms with Crippen LogP contribution in [0.4, 0.5) is 0 Å². The van der Waals surface area contributed by atoms with Crippen molar-refractivity contribution in [2.24, 2.45) is 34.0 Å². The van der Waals surface area contributed by atoms with Crippen LogP contribution in [0.2, 0.25) is 18.1 Å². The molecule has 4 nitrogen and oxygen atoms in total. The quantitative estimate of drug-likeness (QED) is 0.110. The van der Waals surface area contributed by atoms with Crippen LogP contribution in [0.3, 0.4) is 0 Å². The third-order valence-corrected chi connectivity index (χ3v) is 22.2. The van der Waals surface area contributed by atoms with Crippen molar-refractivity contribution in [1.29, 1.82) is 0 Å². The van der Waals surface area contributed by atoms with E-state index in [1.165, 1.54) is 82.6 Å². The first-order chi connectivity index (χ1) is 30.1. The molecule has 0 aliphatic heterocycles. The van der Waals surface area contributed by atoms with E-state index >= 15 is 0 Å². The second-order valence-electron chi connectivity index (χ2n) is 25.7. The normalized spacial score (nSPS) is 34.6. The highest BCUT2D eigenvalue weighted by Gasteiger charge is 2.47. The second-order valence-corrected chi connectivity index (χ2v) is 30.5. The molecule has 6 aliphatic rings. The van der Waals surface area contributed by atoms with E-state index in [-0.39, 0.29) is 16.6 Å². The van der Waals surface area contributed by atoms with Crippen LogP contribution in [0.5, 0.6) is 0 Å². The molecule has 0 spiro atoms. The standard InChI is InChI=1S/C34H58OSi.C26H40O3/c1-25-23-27(24-31(26(25)2)35-36(10,11)33(6,7)8)17-18-28-15-14-22-34(9)29(19-20-30(28)34)16-12-13-21-32(3,4)5;1-18-23(27)16-19(17-24(18)28)10-11-20-8-7-15-26(4)21(12-13-22(20)26)9-5-6-14-25(2,3)29/h16-18,25,30-31H,2,12-15,19-24H2,1,3-11H3;9-11,22-24,27-29H,1,5-8,12-17H2,2-4H3/b27-17-,28-18+,29-16-;20-11+,21-9-/t25-,30+,31-,34-;22-,23+,24+,26+/m10/s1. The first kappa shape index (κ1) is 53.9. The van der Waals surface area contributed by atoms with Crippen LogP contribution in [0, 0.1) is 34.0 Å². The lowest BCUT2D eigenvalue weighted by Crippen LogP contribution is -2.45. The Hall–Kier alpha value is -2.02. The van der Waals surface area contributed by atoms with E-state index in [0.29, 0.717) is 41.1 Å². The Kier molecular flexibility index (Phi) is 18.0. The number of hydrogen-bond acceptors (Lipinski definition) is 4. The molecular formula is C60H98O4Si. The summed E-state index contributed by atoms with van der Waals surface area (Å²) in [6, 6.07) is 0. The van der Waals surface area contributed by atoms with Gasteiger partial charge in [0.25, 0.3) is 0 Å². The van der Waals surface area contributed by atoms with E-state index in [0.717, 1.165) is 50.0 Å². The zero-order chi connectivity index (χ0) is 48.2. The van der Waals surface area contributed by atoms with Gasteiger partial charge in [0.05, 0.1) is 23.9 Å². The van der Waals surface area contributed by atoms with Crippen molar-refractivity contribution < 1.29 is 19.7 Å². The van der Waals surface area contributed by atoms with Gasteiger partial charge in [-0.3, -0.25) is 0 Å². The average molecular weight is 912 g/mol. The predicted molar refractivity (Wildman–Crippen MR) is 281 cm³/mol. The van der Waals surface area contributed by atoms with Crippen LogP contribution in [0.25, 0.3) is 0 Å². The van der Waals surface area contributed by atoms with Crippen molar-refractivity contribution in [2.45, 2.75) is 247 Å². The maximum Gasteiger partial charge on any atom is 0.192 e. The molecule has 0 saturated heterocycles. The average Bonchev–Trinajstić information content (AvgIpc) is 3.72. The van der Waals surface area contributed by atoms with Gasteiger partial charge in [-0.25, -0.2) is 0 Å². The largest absolute Gasteiger partial charge is 0.410 e. The molecule has 0 unspecified atom stereocenters. The minimum Gasteiger partial charge on any atom is -0.410 e. The first-order valence-electron chi connectivity index (χ1n) is 26.4. The topological polar surface area (TPSA) is 69.9 Å². The molecule has 6 fully saturated rings. The van der Waals surface area contributed by atoms with Crippen molar-refractivity contribution in [3.63, 3.8) is 0 Å². The highest BCUT2D eigenvalue weighted by molar-refractivity contribution is 6.74. The van der Waals surface area contributed by atoms with Crippen LogP contribution in [0.15, 0.2) is 94.2 Å². The van der Waals surface area contributed by atoms with E-state index in [2.05, 4.69) is 125 Å². The van der Waals surface area contributed by atoms with E-state index in [1.54, 1.807) is 27.9 Å². The number of fused-ring (bicyclic) bond motifs is 2. The van der Waals surface area contributed by atoms with Gasteiger partial charge in [-0.05, 0) is 206 Å². The van der Waals surface area contributed by atoms with Gasteiger partial charge < -0.3 is 19.7 Å². The zero-order valence-corrected chi connectivity index (χ0v) is 45.2. The molecule has 3 N–H and O–H groups in total. The molecule has 0 aromatic carbocycles. The molecule has 6 rings (SSSR count). The Bertz CT molecular complexity index is 1850. The fourth-order valence-corrected chi connectivity index (χ4v) is 13.6. The van der Waals surface area contributed by atoms with Crippen LogP contribution < -0.4 is 0 Å². The lowest BCUT2D eigenvalue weighted by atomic mass is 9.65. The molecule has 6 aliphatic carbocycles. The molecule has 0 aromatic rings. The van der Waals surface area contributed by atoms with Gasteiger partial charge in [0, 0.05) is 0 Å². The van der Waals surface area contributed by atoms with Gasteiger partial charge in [0.1, 0.15) is 0 Å². The number of hydrogen-bond donors (Lipinski definition) is 3. The fourth-order valence-electron chi connectivity index (χ4n) is 12.3. The summed E-state index contributed by atoms with van der Waals surface area (Å²) in [6.45, 7) is 38.3. The van der Waals surface area contributed by atoms with Crippen LogP contribution >= 0.6 is 0 Å². The number of aliphatic hydroxyl groups is 3. The van der Waals surface area contributed by atoms with Crippen molar-refractivity contribution in [3.05, 3.63) is 94.2 Å². The van der Waals surface area contributed by atoms with Gasteiger partial charge in [-0.15, -0.1) is 0 Å². The summed E-state index contributed by atoms with van der Waals surface area (Å²) in [5.41, 5.74) is 11.8. The molecular weight excluding hydrogens is 813 g/mol. The molecule has 8 atom stereocenters. The Morgan fingerprint density at radius 1 is 0.662 bits per heavy atom. The summed E-state index contributed by atoms with van der Waals surface area (Å²) in [4.78, 5) is 0. The van der Waals surface area contributed by atoms with Crippen LogP contribution in [-0.4, -0.2) is 47.5 Å². The summed E-state index contributed by atoms with van der Waals surface area (Å²) >= 11 is 0. The highest BCUT2D eigenvalue weighted by Crippen LogP contribution is 2.58. The van der Waals surface area contributed by atoms with Gasteiger partial charge in [0.15, 0.2) is 8.32 Å². The minimum atomic E-state index is -1.82. The third kappa shape index (κ3) is 14.0. The van der Waals surface area contributed by atoms with E-state index in [1.807, 2.05) is 13.8 Å². The second kappa shape index (κ2) is 21.7. The van der Waals surface area contributed by atoms with Crippen molar-refractivity contribution in [3.8, 4) is 0 Å². The maximum absolute atomic E-state index is 10.1. The molecule has 0 heterocycles. The molecule has 5 heteroatoms. The first-order valence-corrected chi connectivity index (χ1v) is 29.3. The molecule has 65 heavy (non-hydrogen) atoms. The summed E-state index contributed by atoms with van der Waals surface area (Å²) in [5.74, 6) is 1.86. The van der Waals surface area contributed by atoms with E-state index < -0.39 is 26.1 Å². The zero-order valence-electron chi connectivity index (χ0n) is 44.2. The number of unbranched alkanes of at least 4 members (excludes halogenated alkanes) is 2. The SMILES string of the molecule is C=C1[C@H](C)C/C(=C/C=C2\CCC[C@]3(C)/C(=C\CCCC(C)(C)C)CC[C@@H]23)C[C@H]1O[Si](C)(C)C(C)(C)C.C=C1[C@H](O)CC(=C/C=C2\CCC[C@]3(C)/C(=C\CCCC(C)(C)O)CC[C@@H]23)C[C@H]1O. The minimum absolute atomic E-state index is 0.185. The maximum atomic E-state index is 10.1. The molecule has 6 saturated carbocycles. The predicted octanol–water partition coefficient (Wildman–Crippen LogP) is 16.3. The number of aliphatic hydroxyl groups excluding tert-OH is 2. The van der Waals surface area contributed by atoms with Gasteiger partial charge in [-0.2, -0.15) is 0 Å². The van der Waals surface area contributed by atoms with Gasteiger partial charge in [0.2, 0.25) is 0 Å². The Morgan fingerprint density at radius 2 is 1.12 bits per heavy atom. The molecule has 0 amide bonds. The highest BCUT2D eigenvalue weighted by atomic mass is 28.4. The molecule has 0 radical (unpaired) electrons. The fraction of sp³-hybridized carbons (Fsp3) is 0.733. The number of allylic oxidation sites excluding steroid dienone is 10. The van der Waals surface area contributed by atoms with E-state index in [9.17, 15) is 15.3 Å². The molecule has 366 valence electrons. The summed E-state index contributed by atoms with van der Waals surface area (Å²) in [5, 5.41) is 30.3. The van der Waals surface area contributed by atoms with Crippen molar-refractivity contribution in [2.75, 3.05) is 0 Å². The molecule has 0 aromatic heterocycles. The monoisotopic (exact) mass is 911 g/mol. The Balaban J connectivity index is 0.000000250. The lowest BCUT2D eigenvalue weighted by molar-refractivity contribution is 0.0691. The van der Waals surface area contributed by atoms with Crippen molar-refractivity contribution >= 4 is 8.32 Å². The Labute approximate surface area is 401 Å². The number of rotatable bonds is 11. The summed E-state index contributed by atoms with van der Waals surface area (Å²) in [6.07, 6.45) is 36.5. The van der Waals surface area contributed by atoms with Crippen LogP contribution in [-0.2, 0) is 4.43 Å². The smallest absolute Gasteiger partial charge is 0.192 e. The third-order valence-electron chi connectivity index (χ3n) is 17.7. The lowest BCUT2D eigenvalue weighted by Gasteiger charge is -2.42. The Morgan fingerprint density at radius 3 is 1.57 bits per heavy atom. The van der Waals surface area contributed by atoms with Gasteiger partial charge >= 0.3 is 0 Å². The summed E-state index contributed by atoms with van der Waals surface area (Å²) in [7, 11) is -1.82. The van der Waals surface area contributed by atoms with Crippen LogP contribution in [0.1, 0.15) is 205 Å². The van der Waals surface area contributed by atoms with E-state index in [4.69, 9.17) is 4.43 Å². The van der Waals surface area contributed by atoms with Crippen molar-refractivity contribution in [1.82, 2.24) is 0 Å². The summed E-state index contributed by atoms with van der Waals surface area (Å²) < 4.78 is 6.89. The van der Waals surface area contributed by atoms with Gasteiger partial charge in [-0.1, -0.05) is 145 Å². The molecule has 0 bridgehead atoms.